The van der Waals surface area contributed by atoms with Crippen LogP contribution in [0.2, 0.25) is 0 Å². The number of nitrogens with zero attached hydrogens (tertiary/aromatic N) is 3. The molecule has 1 heterocycles. The molecule has 1 aliphatic heterocycles. The van der Waals surface area contributed by atoms with Crippen molar-refractivity contribution < 1.29 is 4.39 Å². The van der Waals surface area contributed by atoms with E-state index in [9.17, 15) is 4.39 Å². The molecule has 2 atom stereocenters. The van der Waals surface area contributed by atoms with Crippen LogP contribution >= 0.6 is 11.6 Å². The summed E-state index contributed by atoms with van der Waals surface area (Å²) in [6.07, 6.45) is 11.7. The summed E-state index contributed by atoms with van der Waals surface area (Å²) in [5.74, 6) is 2.33. The van der Waals surface area contributed by atoms with Crippen LogP contribution in [0.25, 0.3) is 0 Å². The topological polar surface area (TPSA) is 44.9 Å². The molecule has 36 heavy (non-hydrogen) atoms. The van der Waals surface area contributed by atoms with E-state index in [4.69, 9.17) is 17.3 Å². The number of amidine groups is 1. The van der Waals surface area contributed by atoms with E-state index in [0.717, 1.165) is 81.7 Å². The van der Waals surface area contributed by atoms with E-state index < -0.39 is 0 Å². The summed E-state index contributed by atoms with van der Waals surface area (Å²) < 4.78 is 14.7. The average Bonchev–Trinajstić information content (AvgIpc) is 3.56. The summed E-state index contributed by atoms with van der Waals surface area (Å²) in [6, 6.07) is 5.82. The van der Waals surface area contributed by atoms with Crippen molar-refractivity contribution in [3.8, 4) is 0 Å². The molecule has 0 amide bonds. The van der Waals surface area contributed by atoms with Crippen LogP contribution in [0.5, 0.6) is 0 Å². The van der Waals surface area contributed by atoms with Gasteiger partial charge in [-0.3, -0.25) is 4.90 Å². The molecule has 4 nitrogen and oxygen atoms in total. The van der Waals surface area contributed by atoms with Gasteiger partial charge in [0, 0.05) is 43.4 Å². The Hall–Kier alpha value is -1.69. The molecule has 2 unspecified atom stereocenters. The number of aryl methyl sites for hydroxylation is 1. The van der Waals surface area contributed by atoms with E-state index in [1.807, 2.05) is 6.07 Å². The van der Waals surface area contributed by atoms with Crippen molar-refractivity contribution in [2.45, 2.75) is 84.2 Å². The number of aliphatic imine (C=N–C) groups is 1. The third kappa shape index (κ3) is 7.90. The molecule has 0 bridgehead atoms. The zero-order valence-corrected chi connectivity index (χ0v) is 23.4. The molecule has 1 aromatic rings. The number of hydrogen-bond donors (Lipinski definition) is 1. The average molecular weight is 517 g/mol. The van der Waals surface area contributed by atoms with Crippen LogP contribution in [-0.4, -0.2) is 47.4 Å². The Morgan fingerprint density at radius 3 is 2.67 bits per heavy atom. The second-order valence-electron chi connectivity index (χ2n) is 10.6. The monoisotopic (exact) mass is 516 g/mol. The highest BCUT2D eigenvalue weighted by Gasteiger charge is 2.53. The first kappa shape index (κ1) is 28.9. The maximum atomic E-state index is 14.7. The number of likely N-dealkylation sites (tertiary alicyclic amines) is 1. The highest BCUT2D eigenvalue weighted by Crippen LogP contribution is 2.52. The summed E-state index contributed by atoms with van der Waals surface area (Å²) >= 11 is 6.02. The molecule has 6 heteroatoms. The van der Waals surface area contributed by atoms with Crippen molar-refractivity contribution in [2.24, 2.45) is 22.6 Å². The van der Waals surface area contributed by atoms with Crippen LogP contribution in [0.15, 0.2) is 47.1 Å². The van der Waals surface area contributed by atoms with E-state index in [1.165, 1.54) is 12.8 Å². The van der Waals surface area contributed by atoms with Crippen LogP contribution in [0.3, 0.4) is 0 Å². The Morgan fingerprint density at radius 2 is 2.06 bits per heavy atom. The Morgan fingerprint density at radius 1 is 1.31 bits per heavy atom. The Balaban J connectivity index is 1.44. The summed E-state index contributed by atoms with van der Waals surface area (Å²) in [7, 11) is 0. The van der Waals surface area contributed by atoms with Crippen molar-refractivity contribution >= 4 is 17.4 Å². The molecule has 1 saturated heterocycles. The van der Waals surface area contributed by atoms with Crippen molar-refractivity contribution in [3.05, 3.63) is 59.0 Å². The van der Waals surface area contributed by atoms with E-state index in [2.05, 4.69) is 48.2 Å². The van der Waals surface area contributed by atoms with E-state index in [0.29, 0.717) is 23.4 Å². The fraction of sp³-hybridized carbons (Fsp3) is 0.633. The lowest BCUT2D eigenvalue weighted by Crippen LogP contribution is -2.40. The van der Waals surface area contributed by atoms with Gasteiger partial charge >= 0.3 is 0 Å². The molecule has 1 aromatic carbocycles. The van der Waals surface area contributed by atoms with Gasteiger partial charge in [0.2, 0.25) is 0 Å². The van der Waals surface area contributed by atoms with Gasteiger partial charge in [-0.05, 0) is 87.6 Å². The number of hydrogen-bond acceptors (Lipinski definition) is 3. The van der Waals surface area contributed by atoms with Gasteiger partial charge in [0.25, 0.3) is 0 Å². The first-order chi connectivity index (χ1) is 17.3. The number of halogens is 2. The Labute approximate surface area is 223 Å². The second-order valence-corrected chi connectivity index (χ2v) is 11.1. The van der Waals surface area contributed by atoms with Gasteiger partial charge in [-0.1, -0.05) is 51.1 Å². The molecule has 2 aliphatic rings. The first-order valence-electron chi connectivity index (χ1n) is 13.9. The lowest BCUT2D eigenvalue weighted by molar-refractivity contribution is 0.230. The smallest absolute Gasteiger partial charge is 0.127 e. The molecule has 1 saturated carbocycles. The molecular formula is C30H46ClFN4. The highest BCUT2D eigenvalue weighted by atomic mass is 35.5. The third-order valence-electron chi connectivity index (χ3n) is 8.11. The van der Waals surface area contributed by atoms with E-state index >= 15 is 0 Å². The molecule has 0 radical (unpaired) electrons. The fourth-order valence-corrected chi connectivity index (χ4v) is 5.87. The number of rotatable bonds is 13. The van der Waals surface area contributed by atoms with Gasteiger partial charge in [-0.25, -0.2) is 9.38 Å². The maximum absolute atomic E-state index is 14.7. The van der Waals surface area contributed by atoms with Gasteiger partial charge in [0.15, 0.2) is 0 Å². The van der Waals surface area contributed by atoms with E-state index in [1.54, 1.807) is 18.3 Å². The lowest BCUT2D eigenvalue weighted by Gasteiger charge is -2.35. The van der Waals surface area contributed by atoms with Gasteiger partial charge in [-0.2, -0.15) is 0 Å². The van der Waals surface area contributed by atoms with Gasteiger partial charge in [0.1, 0.15) is 11.7 Å². The lowest BCUT2D eigenvalue weighted by atomic mass is 9.88. The second kappa shape index (κ2) is 13.7. The zero-order valence-electron chi connectivity index (χ0n) is 22.6. The van der Waals surface area contributed by atoms with Crippen LogP contribution in [-0.2, 0) is 13.0 Å². The van der Waals surface area contributed by atoms with Crippen LogP contribution in [0, 0.1) is 17.7 Å². The molecule has 0 aromatic heterocycles. The SMILES string of the molecule is C=C/C(Cl)=C\N=C(/CC)N1CCC(C2CC2(N)CCCc2ccc(CN(CC)CCC)c(F)c2)CC1. The van der Waals surface area contributed by atoms with Crippen LogP contribution < -0.4 is 5.73 Å². The molecule has 3 rings (SSSR count). The van der Waals surface area contributed by atoms with Crippen molar-refractivity contribution in [3.63, 3.8) is 0 Å². The maximum Gasteiger partial charge on any atom is 0.127 e. The number of piperidine rings is 1. The molecule has 2 N–H and O–H groups in total. The minimum atomic E-state index is -0.0715. The van der Waals surface area contributed by atoms with Crippen molar-refractivity contribution in [1.29, 1.82) is 0 Å². The summed E-state index contributed by atoms with van der Waals surface area (Å²) in [4.78, 5) is 9.26. The molecule has 2 fully saturated rings. The predicted octanol–water partition coefficient (Wildman–Crippen LogP) is 6.88. The van der Waals surface area contributed by atoms with Gasteiger partial charge < -0.3 is 10.6 Å². The van der Waals surface area contributed by atoms with Crippen molar-refractivity contribution in [1.82, 2.24) is 9.80 Å². The molecule has 200 valence electrons. The molecule has 0 spiro atoms. The minimum absolute atomic E-state index is 0.0327. The highest BCUT2D eigenvalue weighted by molar-refractivity contribution is 6.31. The van der Waals surface area contributed by atoms with Gasteiger partial charge in [0.05, 0.1) is 5.03 Å². The fourth-order valence-electron chi connectivity index (χ4n) is 5.82. The quantitative estimate of drug-likeness (QED) is 0.176. The summed E-state index contributed by atoms with van der Waals surface area (Å²) in [5.41, 5.74) is 8.66. The minimum Gasteiger partial charge on any atom is -0.360 e. The number of nitrogens with two attached hydrogens (primary N) is 1. The largest absolute Gasteiger partial charge is 0.360 e. The van der Waals surface area contributed by atoms with Crippen LogP contribution in [0.1, 0.15) is 76.8 Å². The Kier molecular flexibility index (Phi) is 11.0. The predicted molar refractivity (Wildman–Crippen MR) is 152 cm³/mol. The van der Waals surface area contributed by atoms with Crippen LogP contribution in [0.4, 0.5) is 4.39 Å². The molecular weight excluding hydrogens is 471 g/mol. The summed E-state index contributed by atoms with van der Waals surface area (Å²) in [6.45, 7) is 14.8. The van der Waals surface area contributed by atoms with Crippen molar-refractivity contribution in [2.75, 3.05) is 26.2 Å². The first-order valence-corrected chi connectivity index (χ1v) is 14.3. The van der Waals surface area contributed by atoms with E-state index in [-0.39, 0.29) is 11.4 Å². The zero-order chi connectivity index (χ0) is 26.1. The Bertz CT molecular complexity index is 922. The normalized spacial score (nSPS) is 23.4. The number of benzene rings is 1. The standard InChI is InChI=1S/C30H46ClFN4/c1-5-16-35(8-4)22-25-12-11-23(19-28(25)32)10-9-15-30(33)20-27(30)24-13-17-36(18-14-24)29(7-3)34-21-26(31)6-2/h6,11-12,19,21,24,27H,2,5,7-10,13-18,20,22,33H2,1,3-4H3/b26-21+,34-29+. The van der Waals surface area contributed by atoms with Gasteiger partial charge in [-0.15, -0.1) is 0 Å². The molecule has 1 aliphatic carbocycles. The third-order valence-corrected chi connectivity index (χ3v) is 8.36. The summed E-state index contributed by atoms with van der Waals surface area (Å²) in [5, 5.41) is 0.565. The number of allylic oxidation sites excluding steroid dienone is 2.